The fourth-order valence-corrected chi connectivity index (χ4v) is 3.51. The van der Waals surface area contributed by atoms with E-state index in [4.69, 9.17) is 3.07 Å². The fraction of sp³-hybridized carbons (Fsp3) is 0.250. The fourth-order valence-electron chi connectivity index (χ4n) is 3.22. The Morgan fingerprint density at radius 1 is 0.846 bits per heavy atom. The summed E-state index contributed by atoms with van der Waals surface area (Å²) >= 11 is 1.90. The Morgan fingerprint density at radius 2 is 1.31 bits per heavy atom. The molecule has 2 aromatic carbocycles. The summed E-state index contributed by atoms with van der Waals surface area (Å²) in [7, 11) is 0. The van der Waals surface area contributed by atoms with Crippen molar-refractivity contribution in [1.82, 2.24) is 0 Å². The zero-order chi connectivity index (χ0) is 19.4. The molecule has 0 aliphatic carbocycles. The van der Waals surface area contributed by atoms with Crippen molar-refractivity contribution in [3.05, 3.63) is 102 Å². The molecule has 0 aliphatic rings. The van der Waals surface area contributed by atoms with Crippen LogP contribution in [-0.2, 0) is 10.8 Å². The molecule has 2 aromatic rings. The SMILES string of the molecule is C=C/C=C(\C=C)C(C)(C)c1ccc(C(C)(C)c2ccc(OI)cc2)cc1. The van der Waals surface area contributed by atoms with E-state index >= 15 is 0 Å². The van der Waals surface area contributed by atoms with E-state index in [1.54, 1.807) is 0 Å². The highest BCUT2D eigenvalue weighted by Crippen LogP contribution is 2.36. The van der Waals surface area contributed by atoms with Crippen LogP contribution in [0.1, 0.15) is 44.4 Å². The van der Waals surface area contributed by atoms with Crippen LogP contribution in [-0.4, -0.2) is 0 Å². The van der Waals surface area contributed by atoms with Gasteiger partial charge in [-0.2, -0.15) is 0 Å². The molecular formula is C24H27IO. The van der Waals surface area contributed by atoms with Crippen LogP contribution in [0.5, 0.6) is 5.75 Å². The quantitative estimate of drug-likeness (QED) is 0.312. The van der Waals surface area contributed by atoms with E-state index in [2.05, 4.69) is 77.3 Å². The minimum Gasteiger partial charge on any atom is -0.428 e. The summed E-state index contributed by atoms with van der Waals surface area (Å²) in [5.41, 5.74) is 4.78. The van der Waals surface area contributed by atoms with E-state index in [0.29, 0.717) is 0 Å². The predicted octanol–water partition coefficient (Wildman–Crippen LogP) is 7.32. The molecule has 0 bridgehead atoms. The lowest BCUT2D eigenvalue weighted by Crippen LogP contribution is -2.21. The molecule has 1 nitrogen and oxygen atoms in total. The van der Waals surface area contributed by atoms with Crippen LogP contribution in [0.25, 0.3) is 0 Å². The van der Waals surface area contributed by atoms with E-state index in [-0.39, 0.29) is 10.8 Å². The highest BCUT2D eigenvalue weighted by molar-refractivity contribution is 14.1. The molecule has 0 saturated heterocycles. The van der Waals surface area contributed by atoms with Gasteiger partial charge in [-0.05, 0) is 34.4 Å². The lowest BCUT2D eigenvalue weighted by atomic mass is 9.74. The van der Waals surface area contributed by atoms with Crippen molar-refractivity contribution in [2.24, 2.45) is 0 Å². The van der Waals surface area contributed by atoms with Crippen LogP contribution in [0.4, 0.5) is 0 Å². The summed E-state index contributed by atoms with van der Waals surface area (Å²) < 4.78 is 5.24. The van der Waals surface area contributed by atoms with Gasteiger partial charge in [0.25, 0.3) is 0 Å². The topological polar surface area (TPSA) is 9.23 Å². The number of rotatable bonds is 7. The second-order valence-corrected chi connectivity index (χ2v) is 7.93. The predicted molar refractivity (Wildman–Crippen MR) is 121 cm³/mol. The minimum absolute atomic E-state index is 0.0787. The van der Waals surface area contributed by atoms with Gasteiger partial charge in [-0.15, -0.1) is 0 Å². The largest absolute Gasteiger partial charge is 0.428 e. The number of hydrogen-bond acceptors (Lipinski definition) is 1. The van der Waals surface area contributed by atoms with Crippen LogP contribution in [0, 0.1) is 0 Å². The molecule has 0 atom stereocenters. The summed E-state index contributed by atoms with van der Waals surface area (Å²) in [5, 5.41) is 0. The van der Waals surface area contributed by atoms with Crippen molar-refractivity contribution in [2.45, 2.75) is 38.5 Å². The van der Waals surface area contributed by atoms with Gasteiger partial charge in [-0.3, -0.25) is 0 Å². The van der Waals surface area contributed by atoms with Crippen molar-refractivity contribution in [3.8, 4) is 5.75 Å². The van der Waals surface area contributed by atoms with Crippen molar-refractivity contribution in [1.29, 1.82) is 0 Å². The molecule has 0 unspecified atom stereocenters. The van der Waals surface area contributed by atoms with Crippen LogP contribution >= 0.6 is 23.0 Å². The third-order valence-electron chi connectivity index (χ3n) is 5.23. The van der Waals surface area contributed by atoms with E-state index in [9.17, 15) is 0 Å². The Labute approximate surface area is 172 Å². The number of hydrogen-bond donors (Lipinski definition) is 0. The van der Waals surface area contributed by atoms with E-state index in [0.717, 1.165) is 11.3 Å². The van der Waals surface area contributed by atoms with Crippen molar-refractivity contribution >= 4 is 23.0 Å². The molecule has 26 heavy (non-hydrogen) atoms. The molecular weight excluding hydrogens is 431 g/mol. The molecule has 0 amide bonds. The molecule has 0 spiro atoms. The standard InChI is InChI=1S/C24H27IO/c1-7-9-18(8-2)23(3,4)19-10-12-20(13-11-19)24(5,6)21-14-16-22(26-25)17-15-21/h7-17H,1-2H2,3-6H3/b18-9+. The normalized spacial score (nSPS) is 12.6. The van der Waals surface area contributed by atoms with Gasteiger partial charge in [-0.25, -0.2) is 0 Å². The monoisotopic (exact) mass is 458 g/mol. The Bertz CT molecular complexity index is 793. The molecule has 0 fully saturated rings. The first-order valence-electron chi connectivity index (χ1n) is 8.73. The van der Waals surface area contributed by atoms with Crippen LogP contribution in [0.15, 0.2) is 85.5 Å². The third kappa shape index (κ3) is 4.12. The molecule has 0 aromatic heterocycles. The smallest absolute Gasteiger partial charge is 0.192 e. The second-order valence-electron chi connectivity index (χ2n) is 7.49. The Hall–Kier alpha value is -1.81. The maximum absolute atomic E-state index is 5.24. The molecule has 2 heteroatoms. The average Bonchev–Trinajstić information content (AvgIpc) is 2.66. The lowest BCUT2D eigenvalue weighted by molar-refractivity contribution is 0.624. The van der Waals surface area contributed by atoms with Gasteiger partial charge in [0.2, 0.25) is 0 Å². The third-order valence-corrected chi connectivity index (χ3v) is 5.74. The van der Waals surface area contributed by atoms with Crippen molar-refractivity contribution in [3.63, 3.8) is 0 Å². The average molecular weight is 458 g/mol. The van der Waals surface area contributed by atoms with Gasteiger partial charge in [0.15, 0.2) is 23.0 Å². The lowest BCUT2D eigenvalue weighted by Gasteiger charge is -2.30. The molecule has 2 rings (SSSR count). The number of allylic oxidation sites excluding steroid dienone is 4. The number of halogens is 1. The summed E-state index contributed by atoms with van der Waals surface area (Å²) in [5.74, 6) is 0.869. The number of benzene rings is 2. The van der Waals surface area contributed by atoms with E-state index in [1.165, 1.54) is 16.7 Å². The molecule has 136 valence electrons. The summed E-state index contributed by atoms with van der Waals surface area (Å²) in [6.45, 7) is 16.7. The van der Waals surface area contributed by atoms with Crippen molar-refractivity contribution in [2.75, 3.05) is 0 Å². The molecule has 0 aliphatic heterocycles. The summed E-state index contributed by atoms with van der Waals surface area (Å²) in [4.78, 5) is 0. The van der Waals surface area contributed by atoms with Crippen LogP contribution in [0.2, 0.25) is 0 Å². The van der Waals surface area contributed by atoms with Gasteiger partial charge in [-0.1, -0.05) is 95.5 Å². The van der Waals surface area contributed by atoms with Gasteiger partial charge in [0.1, 0.15) is 5.75 Å². The maximum Gasteiger partial charge on any atom is 0.192 e. The Balaban J connectivity index is 2.37. The zero-order valence-electron chi connectivity index (χ0n) is 16.1. The van der Waals surface area contributed by atoms with E-state index < -0.39 is 0 Å². The molecule has 0 N–H and O–H groups in total. The zero-order valence-corrected chi connectivity index (χ0v) is 18.2. The first kappa shape index (κ1) is 20.5. The summed E-state index contributed by atoms with van der Waals surface area (Å²) in [6.07, 6.45) is 5.76. The molecule has 0 radical (unpaired) electrons. The van der Waals surface area contributed by atoms with Crippen LogP contribution < -0.4 is 3.07 Å². The summed E-state index contributed by atoms with van der Waals surface area (Å²) in [6, 6.07) is 17.2. The van der Waals surface area contributed by atoms with Gasteiger partial charge in [0, 0.05) is 10.8 Å². The first-order valence-corrected chi connectivity index (χ1v) is 9.61. The highest BCUT2D eigenvalue weighted by Gasteiger charge is 2.26. The van der Waals surface area contributed by atoms with E-state index in [1.807, 2.05) is 53.4 Å². The van der Waals surface area contributed by atoms with Gasteiger partial charge >= 0.3 is 0 Å². The van der Waals surface area contributed by atoms with Crippen LogP contribution in [0.3, 0.4) is 0 Å². The van der Waals surface area contributed by atoms with Gasteiger partial charge in [0.05, 0.1) is 0 Å². The Kier molecular flexibility index (Phi) is 6.51. The van der Waals surface area contributed by atoms with Crippen molar-refractivity contribution < 1.29 is 3.07 Å². The first-order chi connectivity index (χ1) is 12.3. The second kappa shape index (κ2) is 8.26. The minimum atomic E-state index is -0.113. The maximum atomic E-state index is 5.24. The van der Waals surface area contributed by atoms with Gasteiger partial charge < -0.3 is 3.07 Å². The highest BCUT2D eigenvalue weighted by atomic mass is 127. The molecule has 0 heterocycles. The Morgan fingerprint density at radius 3 is 1.73 bits per heavy atom. The molecule has 0 saturated carbocycles.